The lowest BCUT2D eigenvalue weighted by Gasteiger charge is -2.29. The van der Waals surface area contributed by atoms with Gasteiger partial charge in [0.1, 0.15) is 31.2 Å². The fraction of sp³-hybridized carbons (Fsp3) is 0.375. The molecule has 3 aromatic rings. The maximum absolute atomic E-state index is 7.78. The van der Waals surface area contributed by atoms with Crippen LogP contribution in [0.3, 0.4) is 0 Å². The Morgan fingerprint density at radius 2 is 2.09 bits per heavy atom. The van der Waals surface area contributed by atoms with Crippen LogP contribution in [0.2, 0.25) is 0 Å². The summed E-state index contributed by atoms with van der Waals surface area (Å²) < 4.78 is 11.4. The third-order valence-electron chi connectivity index (χ3n) is 5.88. The largest absolute Gasteiger partial charge is 0.484 e. The zero-order valence-electron chi connectivity index (χ0n) is 19.5. The maximum atomic E-state index is 7.78. The van der Waals surface area contributed by atoms with Gasteiger partial charge in [0.25, 0.3) is 5.88 Å². The molecule has 5 heterocycles. The minimum Gasteiger partial charge on any atom is -0.484 e. The van der Waals surface area contributed by atoms with Gasteiger partial charge < -0.3 is 30.8 Å². The number of anilines is 2. The van der Waals surface area contributed by atoms with E-state index < -0.39 is 0 Å². The van der Waals surface area contributed by atoms with Gasteiger partial charge in [-0.2, -0.15) is 0 Å². The standard InChI is InChI=1S/C24H28N8O2S/c1-15(19-2-3-27-24-22(19)33-4-5-34-24)12-35-14-31-21-7-20(29-13-30-21)17-6-16(8-25)23(28-9-17)32-18-10-26-11-18/h2-3,6-9,13,15,18,25-26H,4-5,10-12,14H2,1H3,(H,28,32)(H,29,30,31). The second kappa shape index (κ2) is 10.9. The molecule has 1 fully saturated rings. The normalized spacial score (nSPS) is 15.7. The monoisotopic (exact) mass is 492 g/mol. The van der Waals surface area contributed by atoms with Crippen molar-refractivity contribution < 1.29 is 9.47 Å². The van der Waals surface area contributed by atoms with Gasteiger partial charge >= 0.3 is 0 Å². The van der Waals surface area contributed by atoms with E-state index in [4.69, 9.17) is 14.9 Å². The number of ether oxygens (including phenoxy) is 2. The molecular formula is C24H28N8O2S. The molecule has 0 bridgehead atoms. The van der Waals surface area contributed by atoms with Crippen LogP contribution in [0.25, 0.3) is 11.3 Å². The molecule has 0 spiro atoms. The topological polar surface area (TPSA) is 130 Å². The molecule has 3 aromatic heterocycles. The Balaban J connectivity index is 1.18. The van der Waals surface area contributed by atoms with E-state index in [1.807, 2.05) is 18.2 Å². The van der Waals surface area contributed by atoms with Crippen molar-refractivity contribution in [3.8, 4) is 22.9 Å². The van der Waals surface area contributed by atoms with Crippen LogP contribution in [-0.2, 0) is 0 Å². The summed E-state index contributed by atoms with van der Waals surface area (Å²) in [5.41, 5.74) is 3.46. The highest BCUT2D eigenvalue weighted by atomic mass is 32.2. The van der Waals surface area contributed by atoms with Gasteiger partial charge in [0.2, 0.25) is 0 Å². The fourth-order valence-corrected chi connectivity index (χ4v) is 4.76. The second-order valence-electron chi connectivity index (χ2n) is 8.42. The van der Waals surface area contributed by atoms with Gasteiger partial charge in [-0.15, -0.1) is 11.8 Å². The van der Waals surface area contributed by atoms with Crippen molar-refractivity contribution in [2.75, 3.05) is 48.6 Å². The van der Waals surface area contributed by atoms with Crippen LogP contribution in [0.5, 0.6) is 11.6 Å². The van der Waals surface area contributed by atoms with E-state index in [9.17, 15) is 0 Å². The Labute approximate surface area is 208 Å². The second-order valence-corrected chi connectivity index (χ2v) is 9.45. The average Bonchev–Trinajstić information content (AvgIpc) is 2.88. The molecule has 5 rings (SSSR count). The summed E-state index contributed by atoms with van der Waals surface area (Å²) in [7, 11) is 0. The Morgan fingerprint density at radius 1 is 1.20 bits per heavy atom. The predicted octanol–water partition coefficient (Wildman–Crippen LogP) is 2.99. The number of rotatable bonds is 10. The number of thioether (sulfide) groups is 1. The Bertz CT molecular complexity index is 1190. The summed E-state index contributed by atoms with van der Waals surface area (Å²) in [6, 6.07) is 6.19. The quantitative estimate of drug-likeness (QED) is 0.190. The van der Waals surface area contributed by atoms with Gasteiger partial charge in [-0.3, -0.25) is 0 Å². The van der Waals surface area contributed by atoms with Crippen molar-refractivity contribution >= 4 is 29.6 Å². The van der Waals surface area contributed by atoms with Crippen molar-refractivity contribution in [1.29, 1.82) is 5.41 Å². The molecule has 0 aromatic carbocycles. The van der Waals surface area contributed by atoms with Crippen LogP contribution >= 0.6 is 11.8 Å². The van der Waals surface area contributed by atoms with Gasteiger partial charge in [0.05, 0.1) is 17.6 Å². The van der Waals surface area contributed by atoms with Crippen molar-refractivity contribution in [2.24, 2.45) is 0 Å². The van der Waals surface area contributed by atoms with Gasteiger partial charge in [0, 0.05) is 60.2 Å². The summed E-state index contributed by atoms with van der Waals surface area (Å²) in [5.74, 6) is 4.71. The number of fused-ring (bicyclic) bond motifs is 1. The molecule has 0 amide bonds. The SMILES string of the molecule is CC(CSCNc1cc(-c2cnc(NC3CNC3)c(C=N)c2)ncn1)c1ccnc2c1OCCO2. The van der Waals surface area contributed by atoms with Crippen LogP contribution in [0.4, 0.5) is 11.6 Å². The minimum atomic E-state index is 0.287. The zero-order chi connectivity index (χ0) is 24.0. The smallest absolute Gasteiger partial charge is 0.257 e. The summed E-state index contributed by atoms with van der Waals surface area (Å²) in [6.45, 7) is 5.08. The van der Waals surface area contributed by atoms with Gasteiger partial charge in [-0.05, 0) is 18.1 Å². The molecule has 1 unspecified atom stereocenters. The lowest BCUT2D eigenvalue weighted by Crippen LogP contribution is -2.51. The molecule has 11 heteroatoms. The van der Waals surface area contributed by atoms with E-state index in [1.165, 1.54) is 6.21 Å². The lowest BCUT2D eigenvalue weighted by atomic mass is 10.0. The van der Waals surface area contributed by atoms with Crippen molar-refractivity contribution in [3.63, 3.8) is 0 Å². The van der Waals surface area contributed by atoms with Crippen molar-refractivity contribution in [1.82, 2.24) is 25.3 Å². The van der Waals surface area contributed by atoms with Crippen molar-refractivity contribution in [2.45, 2.75) is 18.9 Å². The lowest BCUT2D eigenvalue weighted by molar-refractivity contribution is 0.162. The molecule has 35 heavy (non-hydrogen) atoms. The zero-order valence-corrected chi connectivity index (χ0v) is 20.3. The summed E-state index contributed by atoms with van der Waals surface area (Å²) in [5, 5.41) is 17.7. The Hall–Kier alpha value is -3.44. The summed E-state index contributed by atoms with van der Waals surface area (Å²) >= 11 is 1.78. The van der Waals surface area contributed by atoms with Crippen molar-refractivity contribution in [3.05, 3.63) is 48.0 Å². The number of nitrogens with zero attached hydrogens (tertiary/aromatic N) is 4. The van der Waals surface area contributed by atoms with E-state index in [0.29, 0.717) is 31.0 Å². The highest BCUT2D eigenvalue weighted by Gasteiger charge is 2.21. The highest BCUT2D eigenvalue weighted by molar-refractivity contribution is 7.99. The average molecular weight is 493 g/mol. The first-order valence-corrected chi connectivity index (χ1v) is 12.7. The third-order valence-corrected chi connectivity index (χ3v) is 6.97. The molecule has 4 N–H and O–H groups in total. The van der Waals surface area contributed by atoms with Crippen LogP contribution in [0, 0.1) is 5.41 Å². The number of aromatic nitrogens is 4. The van der Waals surface area contributed by atoms with Gasteiger partial charge in [-0.25, -0.2) is 19.9 Å². The molecule has 10 nitrogen and oxygen atoms in total. The number of hydrogen-bond donors (Lipinski definition) is 4. The maximum Gasteiger partial charge on any atom is 0.257 e. The van der Waals surface area contributed by atoms with E-state index in [0.717, 1.165) is 58.6 Å². The van der Waals surface area contributed by atoms with E-state index >= 15 is 0 Å². The predicted molar refractivity (Wildman–Crippen MR) is 138 cm³/mol. The number of nitrogens with one attached hydrogen (secondary N) is 4. The Kier molecular flexibility index (Phi) is 7.24. The number of hydrogen-bond acceptors (Lipinski definition) is 11. The summed E-state index contributed by atoms with van der Waals surface area (Å²) in [4.78, 5) is 17.6. The van der Waals surface area contributed by atoms with Crippen LogP contribution < -0.4 is 25.4 Å². The first-order valence-electron chi connectivity index (χ1n) is 11.6. The third kappa shape index (κ3) is 5.46. The first-order chi connectivity index (χ1) is 17.2. The minimum absolute atomic E-state index is 0.287. The molecule has 0 aliphatic carbocycles. The molecule has 0 saturated carbocycles. The molecule has 182 valence electrons. The molecule has 2 aliphatic rings. The van der Waals surface area contributed by atoms with Crippen LogP contribution in [-0.4, -0.2) is 70.1 Å². The van der Waals surface area contributed by atoms with Gasteiger partial charge in [0.15, 0.2) is 5.75 Å². The fourth-order valence-electron chi connectivity index (χ4n) is 3.86. The molecular weight excluding hydrogens is 464 g/mol. The Morgan fingerprint density at radius 3 is 2.91 bits per heavy atom. The molecule has 2 aliphatic heterocycles. The molecule has 1 saturated heterocycles. The van der Waals surface area contributed by atoms with E-state index in [-0.39, 0.29) is 5.92 Å². The molecule has 0 radical (unpaired) electrons. The van der Waals surface area contributed by atoms with Crippen LogP contribution in [0.1, 0.15) is 24.0 Å². The molecule has 1 atom stereocenters. The van der Waals surface area contributed by atoms with E-state index in [1.54, 1.807) is 30.5 Å². The highest BCUT2D eigenvalue weighted by Crippen LogP contribution is 2.36. The van der Waals surface area contributed by atoms with Crippen LogP contribution in [0.15, 0.2) is 36.9 Å². The summed E-state index contributed by atoms with van der Waals surface area (Å²) in [6.07, 6.45) is 6.42. The number of pyridine rings is 2. The van der Waals surface area contributed by atoms with Gasteiger partial charge in [-0.1, -0.05) is 6.92 Å². The van der Waals surface area contributed by atoms with E-state index in [2.05, 4.69) is 42.8 Å². The first kappa shape index (κ1) is 23.3.